The Balaban J connectivity index is 4.63. The molecule has 0 fully saturated rings. The van der Waals surface area contributed by atoms with Gasteiger partial charge in [-0.3, -0.25) is 10.3 Å². The van der Waals surface area contributed by atoms with Crippen LogP contribution in [0.3, 0.4) is 0 Å². The first-order valence-corrected chi connectivity index (χ1v) is 5.33. The van der Waals surface area contributed by atoms with Gasteiger partial charge in [0.1, 0.15) is 11.8 Å². The highest BCUT2D eigenvalue weighted by Crippen LogP contribution is 2.27. The minimum atomic E-state index is -4.48. The summed E-state index contributed by atoms with van der Waals surface area (Å²) in [6.07, 6.45) is -4.48. The van der Waals surface area contributed by atoms with Gasteiger partial charge >= 0.3 is 6.18 Å². The van der Waals surface area contributed by atoms with Crippen molar-refractivity contribution in [2.24, 2.45) is 11.7 Å². The Labute approximate surface area is 99.4 Å². The van der Waals surface area contributed by atoms with Crippen LogP contribution in [0.15, 0.2) is 0 Å². The van der Waals surface area contributed by atoms with Crippen LogP contribution in [0.4, 0.5) is 13.2 Å². The number of halogens is 3. The van der Waals surface area contributed by atoms with E-state index in [2.05, 4.69) is 0 Å². The van der Waals surface area contributed by atoms with Gasteiger partial charge in [-0.25, -0.2) is 0 Å². The Morgan fingerprint density at radius 2 is 1.94 bits per heavy atom. The molecule has 0 bridgehead atoms. The molecular weight excluding hydrogens is 235 g/mol. The molecule has 4 nitrogen and oxygen atoms in total. The quantitative estimate of drug-likeness (QED) is 0.534. The number of nitrogens with one attached hydrogen (secondary N) is 1. The van der Waals surface area contributed by atoms with Crippen molar-refractivity contribution in [3.8, 4) is 0 Å². The number of rotatable bonds is 7. The van der Waals surface area contributed by atoms with Gasteiger partial charge < -0.3 is 10.5 Å². The first-order valence-electron chi connectivity index (χ1n) is 5.33. The third kappa shape index (κ3) is 5.88. The van der Waals surface area contributed by atoms with Crippen LogP contribution in [0.2, 0.25) is 0 Å². The third-order valence-corrected chi connectivity index (χ3v) is 2.50. The number of ether oxygens (including phenoxy) is 1. The fourth-order valence-electron chi connectivity index (χ4n) is 1.38. The van der Waals surface area contributed by atoms with Crippen LogP contribution in [0, 0.1) is 11.3 Å². The minimum absolute atomic E-state index is 0.0608. The lowest BCUT2D eigenvalue weighted by Crippen LogP contribution is -2.47. The molecule has 7 heteroatoms. The van der Waals surface area contributed by atoms with Gasteiger partial charge in [-0.2, -0.15) is 13.2 Å². The van der Waals surface area contributed by atoms with Gasteiger partial charge in [0.25, 0.3) is 0 Å². The van der Waals surface area contributed by atoms with Gasteiger partial charge in [0, 0.05) is 26.2 Å². The van der Waals surface area contributed by atoms with E-state index in [0.29, 0.717) is 13.2 Å². The first kappa shape index (κ1) is 16.2. The van der Waals surface area contributed by atoms with Crippen LogP contribution in [0.1, 0.15) is 13.8 Å². The molecule has 0 heterocycles. The molecule has 0 radical (unpaired) electrons. The highest BCUT2D eigenvalue weighted by atomic mass is 19.4. The first-order chi connectivity index (χ1) is 7.70. The van der Waals surface area contributed by atoms with E-state index in [-0.39, 0.29) is 12.6 Å². The maximum absolute atomic E-state index is 12.6. The van der Waals surface area contributed by atoms with Crippen LogP contribution in [-0.2, 0) is 4.74 Å². The lowest BCUT2D eigenvalue weighted by atomic mass is 10.1. The second kappa shape index (κ2) is 6.80. The lowest BCUT2D eigenvalue weighted by molar-refractivity contribution is -0.161. The molecule has 0 aliphatic rings. The van der Waals surface area contributed by atoms with Crippen molar-refractivity contribution in [2.75, 3.05) is 26.8 Å². The number of nitrogens with zero attached hydrogens (tertiary/aromatic N) is 1. The van der Waals surface area contributed by atoms with E-state index in [1.165, 1.54) is 7.11 Å². The highest BCUT2D eigenvalue weighted by molar-refractivity contribution is 5.80. The SMILES string of the molecule is COCCN(CC(C(=N)N)C(F)(F)F)C(C)C. The van der Waals surface area contributed by atoms with Crippen LogP contribution in [0.25, 0.3) is 0 Å². The number of nitrogens with two attached hydrogens (primary N) is 1. The highest BCUT2D eigenvalue weighted by Gasteiger charge is 2.42. The van der Waals surface area contributed by atoms with Gasteiger partial charge in [-0.15, -0.1) is 0 Å². The molecule has 0 aliphatic heterocycles. The molecule has 0 saturated heterocycles. The predicted molar refractivity (Wildman–Crippen MR) is 60.0 cm³/mol. The molecule has 0 aromatic heterocycles. The van der Waals surface area contributed by atoms with E-state index in [0.717, 1.165) is 0 Å². The van der Waals surface area contributed by atoms with E-state index in [1.807, 2.05) is 0 Å². The molecule has 1 atom stereocenters. The van der Waals surface area contributed by atoms with Crippen molar-refractivity contribution in [3.63, 3.8) is 0 Å². The molecular formula is C10H20F3N3O. The average Bonchev–Trinajstić information content (AvgIpc) is 2.14. The standard InChI is InChI=1S/C10H20F3N3O/c1-7(2)16(4-5-17-3)6-8(9(14)15)10(11,12)13/h7-8H,4-6H2,1-3H3,(H3,14,15). The van der Waals surface area contributed by atoms with Crippen molar-refractivity contribution in [3.05, 3.63) is 0 Å². The normalized spacial score (nSPS) is 14.4. The summed E-state index contributed by atoms with van der Waals surface area (Å²) in [6.45, 7) is 4.01. The van der Waals surface area contributed by atoms with E-state index >= 15 is 0 Å². The second-order valence-electron chi connectivity index (χ2n) is 4.13. The van der Waals surface area contributed by atoms with Crippen molar-refractivity contribution in [1.29, 1.82) is 5.41 Å². The molecule has 0 aliphatic carbocycles. The summed E-state index contributed by atoms with van der Waals surface area (Å²) in [5.74, 6) is -2.76. The zero-order valence-electron chi connectivity index (χ0n) is 10.3. The molecule has 0 rings (SSSR count). The van der Waals surface area contributed by atoms with Gasteiger partial charge in [0.05, 0.1) is 6.61 Å². The summed E-state index contributed by atoms with van der Waals surface area (Å²) in [6, 6.07) is -0.0608. The molecule has 3 N–H and O–H groups in total. The summed E-state index contributed by atoms with van der Waals surface area (Å²) in [4.78, 5) is 1.60. The Morgan fingerprint density at radius 1 is 1.41 bits per heavy atom. The number of methoxy groups -OCH3 is 1. The summed E-state index contributed by atoms with van der Waals surface area (Å²) < 4.78 is 42.8. The van der Waals surface area contributed by atoms with Crippen molar-refractivity contribution < 1.29 is 17.9 Å². The smallest absolute Gasteiger partial charge is 0.387 e. The van der Waals surface area contributed by atoms with Crippen molar-refractivity contribution >= 4 is 5.84 Å². The fraction of sp³-hybridized carbons (Fsp3) is 0.900. The molecule has 102 valence electrons. The minimum Gasteiger partial charge on any atom is -0.387 e. The Morgan fingerprint density at radius 3 is 2.24 bits per heavy atom. The number of hydrogen-bond acceptors (Lipinski definition) is 3. The average molecular weight is 255 g/mol. The van der Waals surface area contributed by atoms with Crippen LogP contribution >= 0.6 is 0 Å². The van der Waals surface area contributed by atoms with Gasteiger partial charge in [0.15, 0.2) is 0 Å². The Kier molecular flexibility index (Phi) is 6.48. The van der Waals surface area contributed by atoms with Crippen LogP contribution in [-0.4, -0.2) is 49.8 Å². The number of hydrogen-bond donors (Lipinski definition) is 2. The van der Waals surface area contributed by atoms with Gasteiger partial charge in [-0.05, 0) is 13.8 Å². The second-order valence-corrected chi connectivity index (χ2v) is 4.13. The summed E-state index contributed by atoms with van der Waals surface area (Å²) in [5, 5.41) is 7.02. The van der Waals surface area contributed by atoms with Crippen molar-refractivity contribution in [1.82, 2.24) is 4.90 Å². The topological polar surface area (TPSA) is 62.3 Å². The van der Waals surface area contributed by atoms with Gasteiger partial charge in [0.2, 0.25) is 0 Å². The largest absolute Gasteiger partial charge is 0.399 e. The molecule has 1 unspecified atom stereocenters. The third-order valence-electron chi connectivity index (χ3n) is 2.50. The number of amidine groups is 1. The van der Waals surface area contributed by atoms with Crippen molar-refractivity contribution in [2.45, 2.75) is 26.1 Å². The van der Waals surface area contributed by atoms with E-state index < -0.39 is 17.9 Å². The van der Waals surface area contributed by atoms with Gasteiger partial charge in [-0.1, -0.05) is 0 Å². The van der Waals surface area contributed by atoms with Crippen LogP contribution in [0.5, 0.6) is 0 Å². The maximum Gasteiger partial charge on any atom is 0.399 e. The molecule has 17 heavy (non-hydrogen) atoms. The van der Waals surface area contributed by atoms with Crippen LogP contribution < -0.4 is 5.73 Å². The summed E-state index contributed by atoms with van der Waals surface area (Å²) in [5.41, 5.74) is 5.01. The predicted octanol–water partition coefficient (Wildman–Crippen LogP) is 1.46. The molecule has 0 spiro atoms. The summed E-state index contributed by atoms with van der Waals surface area (Å²) >= 11 is 0. The maximum atomic E-state index is 12.6. The Bertz CT molecular complexity index is 243. The summed E-state index contributed by atoms with van der Waals surface area (Å²) in [7, 11) is 1.49. The van der Waals surface area contributed by atoms with E-state index in [1.54, 1.807) is 18.7 Å². The zero-order valence-corrected chi connectivity index (χ0v) is 10.3. The van der Waals surface area contributed by atoms with E-state index in [4.69, 9.17) is 15.9 Å². The molecule has 0 aromatic carbocycles. The molecule has 0 saturated carbocycles. The molecule has 0 amide bonds. The zero-order chi connectivity index (χ0) is 13.6. The number of alkyl halides is 3. The Hall–Kier alpha value is -0.820. The fourth-order valence-corrected chi connectivity index (χ4v) is 1.38. The monoisotopic (exact) mass is 255 g/mol. The lowest BCUT2D eigenvalue weighted by Gasteiger charge is -2.30. The molecule has 0 aromatic rings. The van der Waals surface area contributed by atoms with E-state index in [9.17, 15) is 13.2 Å².